The molecule has 0 fully saturated rings. The van der Waals surface area contributed by atoms with Crippen LogP contribution in [-0.4, -0.2) is 22.8 Å². The van der Waals surface area contributed by atoms with Crippen molar-refractivity contribution in [2.75, 3.05) is 6.61 Å². The highest BCUT2D eigenvalue weighted by Gasteiger charge is 2.15. The molecule has 0 unspecified atom stereocenters. The summed E-state index contributed by atoms with van der Waals surface area (Å²) in [6.45, 7) is 2.56. The minimum atomic E-state index is -1.49. The lowest BCUT2D eigenvalue weighted by atomic mass is 10.1. The van der Waals surface area contributed by atoms with E-state index in [1.54, 1.807) is 18.2 Å². The lowest BCUT2D eigenvalue weighted by Crippen LogP contribution is -2.10. The fourth-order valence-corrected chi connectivity index (χ4v) is 1.14. The van der Waals surface area contributed by atoms with Gasteiger partial charge in [-0.2, -0.15) is 0 Å². The second kappa shape index (κ2) is 5.36. The third-order valence-electron chi connectivity index (χ3n) is 1.88. The first-order valence-corrected chi connectivity index (χ1v) is 4.78. The zero-order chi connectivity index (χ0) is 11.3. The van der Waals surface area contributed by atoms with Crippen molar-refractivity contribution in [3.8, 4) is 5.75 Å². The van der Waals surface area contributed by atoms with Gasteiger partial charge in [0.25, 0.3) is 0 Å². The minimum absolute atomic E-state index is 0.330. The molecule has 0 heterocycles. The Balaban J connectivity index is 2.77. The lowest BCUT2D eigenvalue weighted by molar-refractivity contribution is -0.146. The van der Waals surface area contributed by atoms with Gasteiger partial charge in [-0.1, -0.05) is 19.1 Å². The molecule has 0 amide bonds. The van der Waals surface area contributed by atoms with Crippen LogP contribution in [0.3, 0.4) is 0 Å². The van der Waals surface area contributed by atoms with Crippen molar-refractivity contribution in [2.45, 2.75) is 19.4 Å². The molecule has 0 bridgehead atoms. The normalized spacial score (nSPS) is 12.1. The van der Waals surface area contributed by atoms with Crippen molar-refractivity contribution in [2.24, 2.45) is 0 Å². The van der Waals surface area contributed by atoms with Crippen molar-refractivity contribution in [1.29, 1.82) is 0 Å². The molecule has 0 saturated carbocycles. The number of benzene rings is 1. The fourth-order valence-electron chi connectivity index (χ4n) is 1.14. The van der Waals surface area contributed by atoms with Crippen LogP contribution in [0.4, 0.5) is 0 Å². The third kappa shape index (κ3) is 3.25. The number of carboxylic acids is 1. The summed E-state index contributed by atoms with van der Waals surface area (Å²) in [6.07, 6.45) is -0.610. The van der Waals surface area contributed by atoms with Gasteiger partial charge in [-0.3, -0.25) is 0 Å². The van der Waals surface area contributed by atoms with Gasteiger partial charge in [-0.15, -0.1) is 0 Å². The second-order valence-electron chi connectivity index (χ2n) is 3.16. The van der Waals surface area contributed by atoms with Crippen LogP contribution in [0.2, 0.25) is 0 Å². The standard InChI is InChI=1S/C11H14O4/c1-2-6-15-9-5-3-4-8(7-9)10(12)11(13)14/h3-5,7,10,12H,2,6H2,1H3,(H,13,14)/t10-/m0/s1. The summed E-state index contributed by atoms with van der Waals surface area (Å²) in [5.74, 6) is -0.683. The van der Waals surface area contributed by atoms with Crippen LogP contribution in [-0.2, 0) is 4.79 Å². The maximum absolute atomic E-state index is 10.5. The Hall–Kier alpha value is -1.55. The molecule has 15 heavy (non-hydrogen) atoms. The van der Waals surface area contributed by atoms with Gasteiger partial charge in [0.1, 0.15) is 5.75 Å². The highest BCUT2D eigenvalue weighted by molar-refractivity contribution is 5.74. The van der Waals surface area contributed by atoms with Crippen LogP contribution < -0.4 is 4.74 Å². The number of carboxylic acid groups (broad SMARTS) is 1. The van der Waals surface area contributed by atoms with Crippen LogP contribution in [0.1, 0.15) is 25.0 Å². The lowest BCUT2D eigenvalue weighted by Gasteiger charge is -2.08. The minimum Gasteiger partial charge on any atom is -0.494 e. The highest BCUT2D eigenvalue weighted by atomic mass is 16.5. The molecule has 0 aliphatic carbocycles. The molecule has 0 aliphatic heterocycles. The first-order valence-electron chi connectivity index (χ1n) is 4.78. The summed E-state index contributed by atoms with van der Waals surface area (Å²) in [4.78, 5) is 10.5. The molecule has 82 valence electrons. The molecule has 1 aromatic rings. The van der Waals surface area contributed by atoms with Crippen LogP contribution in [0.15, 0.2) is 24.3 Å². The van der Waals surface area contributed by atoms with E-state index in [1.165, 1.54) is 6.07 Å². The van der Waals surface area contributed by atoms with Gasteiger partial charge >= 0.3 is 5.97 Å². The molecule has 0 aromatic heterocycles. The molecule has 2 N–H and O–H groups in total. The summed E-state index contributed by atoms with van der Waals surface area (Å²) in [5.41, 5.74) is 0.330. The number of carbonyl (C=O) groups is 1. The zero-order valence-electron chi connectivity index (χ0n) is 8.51. The monoisotopic (exact) mass is 210 g/mol. The van der Waals surface area contributed by atoms with E-state index in [-0.39, 0.29) is 0 Å². The number of aliphatic carboxylic acids is 1. The van der Waals surface area contributed by atoms with Crippen molar-refractivity contribution in [3.63, 3.8) is 0 Å². The van der Waals surface area contributed by atoms with E-state index in [2.05, 4.69) is 0 Å². The van der Waals surface area contributed by atoms with Crippen LogP contribution in [0.25, 0.3) is 0 Å². The van der Waals surface area contributed by atoms with E-state index in [0.29, 0.717) is 17.9 Å². The maximum Gasteiger partial charge on any atom is 0.337 e. The number of hydrogen-bond donors (Lipinski definition) is 2. The summed E-state index contributed by atoms with van der Waals surface area (Å²) in [5, 5.41) is 17.9. The van der Waals surface area contributed by atoms with Gasteiger partial charge in [-0.25, -0.2) is 4.79 Å². The quantitative estimate of drug-likeness (QED) is 0.774. The SMILES string of the molecule is CCCOc1cccc([C@H](O)C(=O)O)c1. The molecular formula is C11H14O4. The van der Waals surface area contributed by atoms with Gasteiger partial charge in [0, 0.05) is 0 Å². The molecule has 1 rings (SSSR count). The molecule has 4 heteroatoms. The number of rotatable bonds is 5. The van der Waals surface area contributed by atoms with Crippen molar-refractivity contribution in [3.05, 3.63) is 29.8 Å². The van der Waals surface area contributed by atoms with Crippen molar-refractivity contribution >= 4 is 5.97 Å². The van der Waals surface area contributed by atoms with E-state index in [0.717, 1.165) is 6.42 Å². The number of hydrogen-bond acceptors (Lipinski definition) is 3. The zero-order valence-corrected chi connectivity index (χ0v) is 8.51. The Morgan fingerprint density at radius 1 is 1.53 bits per heavy atom. The van der Waals surface area contributed by atoms with E-state index in [9.17, 15) is 9.90 Å². The first-order chi connectivity index (χ1) is 7.15. The Morgan fingerprint density at radius 2 is 2.27 bits per heavy atom. The summed E-state index contributed by atoms with van der Waals surface area (Å²) in [6, 6.07) is 6.48. The number of aliphatic hydroxyl groups is 1. The van der Waals surface area contributed by atoms with Gasteiger partial charge in [0.2, 0.25) is 0 Å². The first kappa shape index (κ1) is 11.5. The molecule has 1 atom stereocenters. The van der Waals surface area contributed by atoms with Crippen LogP contribution in [0, 0.1) is 0 Å². The fraction of sp³-hybridized carbons (Fsp3) is 0.364. The Labute approximate surface area is 88.1 Å². The molecule has 0 radical (unpaired) electrons. The molecular weight excluding hydrogens is 196 g/mol. The van der Waals surface area contributed by atoms with E-state index in [1.807, 2.05) is 6.92 Å². The molecule has 0 saturated heterocycles. The topological polar surface area (TPSA) is 66.8 Å². The largest absolute Gasteiger partial charge is 0.494 e. The average Bonchev–Trinajstić information content (AvgIpc) is 2.25. The van der Waals surface area contributed by atoms with E-state index < -0.39 is 12.1 Å². The highest BCUT2D eigenvalue weighted by Crippen LogP contribution is 2.19. The molecule has 1 aromatic carbocycles. The summed E-state index contributed by atoms with van der Waals surface area (Å²) >= 11 is 0. The number of aliphatic hydroxyl groups excluding tert-OH is 1. The number of ether oxygens (including phenoxy) is 1. The van der Waals surface area contributed by atoms with Gasteiger partial charge in [0.15, 0.2) is 6.10 Å². The smallest absolute Gasteiger partial charge is 0.337 e. The van der Waals surface area contributed by atoms with Gasteiger partial charge in [0.05, 0.1) is 6.61 Å². The molecule has 0 spiro atoms. The second-order valence-corrected chi connectivity index (χ2v) is 3.16. The molecule has 0 aliphatic rings. The van der Waals surface area contributed by atoms with E-state index >= 15 is 0 Å². The Bertz CT molecular complexity index is 335. The molecule has 4 nitrogen and oxygen atoms in total. The van der Waals surface area contributed by atoms with Crippen LogP contribution in [0.5, 0.6) is 5.75 Å². The maximum atomic E-state index is 10.5. The third-order valence-corrected chi connectivity index (χ3v) is 1.88. The summed E-state index contributed by atoms with van der Waals surface area (Å²) in [7, 11) is 0. The van der Waals surface area contributed by atoms with Gasteiger partial charge < -0.3 is 14.9 Å². The van der Waals surface area contributed by atoms with Gasteiger partial charge in [-0.05, 0) is 24.1 Å². The van der Waals surface area contributed by atoms with Crippen molar-refractivity contribution < 1.29 is 19.7 Å². The summed E-state index contributed by atoms with van der Waals surface area (Å²) < 4.78 is 5.32. The van der Waals surface area contributed by atoms with Crippen LogP contribution >= 0.6 is 0 Å². The predicted molar refractivity (Wildman–Crippen MR) is 54.8 cm³/mol. The Kier molecular flexibility index (Phi) is 4.12. The van der Waals surface area contributed by atoms with Crippen molar-refractivity contribution in [1.82, 2.24) is 0 Å². The Morgan fingerprint density at radius 3 is 2.87 bits per heavy atom. The van der Waals surface area contributed by atoms with E-state index in [4.69, 9.17) is 9.84 Å². The predicted octanol–water partition coefficient (Wildman–Crippen LogP) is 1.59. The average molecular weight is 210 g/mol.